The van der Waals surface area contributed by atoms with Crippen molar-refractivity contribution in [1.82, 2.24) is 0 Å². The van der Waals surface area contributed by atoms with Gasteiger partial charge in [-0.3, -0.25) is 4.79 Å². The summed E-state index contributed by atoms with van der Waals surface area (Å²) in [5.41, 5.74) is 1.33. The third kappa shape index (κ3) is 4.89. The van der Waals surface area contributed by atoms with Gasteiger partial charge in [0.15, 0.2) is 5.60 Å². The maximum absolute atomic E-state index is 12.6. The first-order chi connectivity index (χ1) is 13.9. The molecular formula is C24H23NO4. The number of rotatable bonds is 6. The van der Waals surface area contributed by atoms with E-state index in [4.69, 9.17) is 4.74 Å². The highest BCUT2D eigenvalue weighted by atomic mass is 16.5. The van der Waals surface area contributed by atoms with E-state index in [0.717, 1.165) is 16.7 Å². The third-order valence-corrected chi connectivity index (χ3v) is 4.57. The van der Waals surface area contributed by atoms with E-state index in [1.54, 1.807) is 18.2 Å². The maximum atomic E-state index is 12.6. The molecule has 0 spiro atoms. The van der Waals surface area contributed by atoms with E-state index >= 15 is 0 Å². The SMILES string of the molecule is CC(=O)Nc1cc(-c2ccccc2)ccc1C(C)(O)C(=O)OCc1ccccc1. The number of nitrogens with one attached hydrogen (secondary N) is 1. The van der Waals surface area contributed by atoms with Gasteiger partial charge in [0, 0.05) is 18.2 Å². The molecule has 0 aromatic heterocycles. The molecule has 0 saturated carbocycles. The molecule has 148 valence electrons. The number of carbonyl (C=O) groups is 2. The van der Waals surface area contributed by atoms with E-state index < -0.39 is 11.6 Å². The van der Waals surface area contributed by atoms with Gasteiger partial charge in [-0.2, -0.15) is 0 Å². The molecule has 0 aliphatic carbocycles. The lowest BCUT2D eigenvalue weighted by Crippen LogP contribution is -2.35. The zero-order chi connectivity index (χ0) is 20.9. The highest BCUT2D eigenvalue weighted by Gasteiger charge is 2.36. The molecule has 3 aromatic rings. The molecule has 0 fully saturated rings. The minimum absolute atomic E-state index is 0.0490. The summed E-state index contributed by atoms with van der Waals surface area (Å²) in [6.07, 6.45) is 0. The first-order valence-electron chi connectivity index (χ1n) is 9.29. The molecule has 0 saturated heterocycles. The predicted octanol–water partition coefficient (Wildman–Crippen LogP) is 4.26. The summed E-state index contributed by atoms with van der Waals surface area (Å²) in [7, 11) is 0. The molecule has 0 radical (unpaired) electrons. The van der Waals surface area contributed by atoms with Crippen LogP contribution in [0.3, 0.4) is 0 Å². The second-order valence-corrected chi connectivity index (χ2v) is 6.94. The van der Waals surface area contributed by atoms with Crippen molar-refractivity contribution in [2.75, 3.05) is 5.32 Å². The largest absolute Gasteiger partial charge is 0.458 e. The fraction of sp³-hybridized carbons (Fsp3) is 0.167. The average Bonchev–Trinajstić information content (AvgIpc) is 2.72. The Morgan fingerprint density at radius 2 is 1.55 bits per heavy atom. The lowest BCUT2D eigenvalue weighted by Gasteiger charge is -2.25. The van der Waals surface area contributed by atoms with Gasteiger partial charge in [0.05, 0.1) is 0 Å². The van der Waals surface area contributed by atoms with Crippen LogP contribution in [0, 0.1) is 0 Å². The highest BCUT2D eigenvalue weighted by Crippen LogP contribution is 2.33. The van der Waals surface area contributed by atoms with Crippen LogP contribution in [0.1, 0.15) is 25.0 Å². The van der Waals surface area contributed by atoms with E-state index in [0.29, 0.717) is 5.69 Å². The summed E-state index contributed by atoms with van der Waals surface area (Å²) in [5, 5.41) is 13.7. The standard InChI is InChI=1S/C24H23NO4/c1-17(26)25-22-15-20(19-11-7-4-8-12-19)13-14-21(22)24(2,28)23(27)29-16-18-9-5-3-6-10-18/h3-15,28H,16H2,1-2H3,(H,25,26). The van der Waals surface area contributed by atoms with Crippen molar-refractivity contribution in [3.8, 4) is 11.1 Å². The van der Waals surface area contributed by atoms with Crippen molar-refractivity contribution in [3.63, 3.8) is 0 Å². The predicted molar refractivity (Wildman–Crippen MR) is 112 cm³/mol. The van der Waals surface area contributed by atoms with Crippen LogP contribution in [0.15, 0.2) is 78.9 Å². The Morgan fingerprint density at radius 3 is 2.17 bits per heavy atom. The molecule has 0 bridgehead atoms. The van der Waals surface area contributed by atoms with Gasteiger partial charge in [0.2, 0.25) is 5.91 Å². The molecule has 2 N–H and O–H groups in total. The Bertz CT molecular complexity index is 998. The molecule has 0 aliphatic heterocycles. The van der Waals surface area contributed by atoms with Gasteiger partial charge >= 0.3 is 5.97 Å². The van der Waals surface area contributed by atoms with Crippen LogP contribution >= 0.6 is 0 Å². The number of amides is 1. The molecular weight excluding hydrogens is 366 g/mol. The second kappa shape index (κ2) is 8.71. The summed E-state index contributed by atoms with van der Waals surface area (Å²) >= 11 is 0. The van der Waals surface area contributed by atoms with E-state index in [2.05, 4.69) is 5.32 Å². The topological polar surface area (TPSA) is 75.6 Å². The number of esters is 1. The van der Waals surface area contributed by atoms with Crippen molar-refractivity contribution in [2.24, 2.45) is 0 Å². The Labute approximate surface area is 170 Å². The molecule has 5 heteroatoms. The highest BCUT2D eigenvalue weighted by molar-refractivity contribution is 5.93. The fourth-order valence-corrected chi connectivity index (χ4v) is 3.05. The lowest BCUT2D eigenvalue weighted by molar-refractivity contribution is -0.166. The second-order valence-electron chi connectivity index (χ2n) is 6.94. The molecule has 3 aromatic carbocycles. The van der Waals surface area contributed by atoms with Crippen molar-refractivity contribution in [1.29, 1.82) is 0 Å². The van der Waals surface area contributed by atoms with E-state index in [-0.39, 0.29) is 18.1 Å². The summed E-state index contributed by atoms with van der Waals surface area (Å²) in [6, 6.07) is 24.0. The van der Waals surface area contributed by atoms with E-state index in [1.807, 2.05) is 60.7 Å². The molecule has 0 aliphatic rings. The van der Waals surface area contributed by atoms with Gasteiger partial charge in [-0.15, -0.1) is 0 Å². The number of benzene rings is 3. The van der Waals surface area contributed by atoms with Crippen LogP contribution < -0.4 is 5.32 Å². The monoisotopic (exact) mass is 389 g/mol. The fourth-order valence-electron chi connectivity index (χ4n) is 3.05. The van der Waals surface area contributed by atoms with Crippen LogP contribution in [0.5, 0.6) is 0 Å². The Morgan fingerprint density at radius 1 is 0.931 bits per heavy atom. The van der Waals surface area contributed by atoms with Crippen LogP contribution in [-0.2, 0) is 26.5 Å². The van der Waals surface area contributed by atoms with Gasteiger partial charge in [-0.05, 0) is 29.7 Å². The first kappa shape index (κ1) is 20.3. The van der Waals surface area contributed by atoms with E-state index in [9.17, 15) is 14.7 Å². The molecule has 1 atom stereocenters. The summed E-state index contributed by atoms with van der Waals surface area (Å²) < 4.78 is 5.32. The Hall–Kier alpha value is -3.44. The third-order valence-electron chi connectivity index (χ3n) is 4.57. The molecule has 5 nitrogen and oxygen atoms in total. The van der Waals surface area contributed by atoms with Crippen LogP contribution in [0.25, 0.3) is 11.1 Å². The molecule has 1 unspecified atom stereocenters. The Kier molecular flexibility index (Phi) is 6.10. The van der Waals surface area contributed by atoms with Crippen LogP contribution in [0.4, 0.5) is 5.69 Å². The Balaban J connectivity index is 1.90. The lowest BCUT2D eigenvalue weighted by atomic mass is 9.91. The summed E-state index contributed by atoms with van der Waals surface area (Å²) in [4.78, 5) is 24.4. The van der Waals surface area contributed by atoms with Gasteiger partial charge in [0.25, 0.3) is 0 Å². The zero-order valence-electron chi connectivity index (χ0n) is 16.4. The first-order valence-corrected chi connectivity index (χ1v) is 9.29. The van der Waals surface area contributed by atoms with Crippen molar-refractivity contribution in [2.45, 2.75) is 26.1 Å². The van der Waals surface area contributed by atoms with E-state index in [1.165, 1.54) is 13.8 Å². The molecule has 3 rings (SSSR count). The number of hydrogen-bond donors (Lipinski definition) is 2. The average molecular weight is 389 g/mol. The van der Waals surface area contributed by atoms with Gasteiger partial charge in [-0.25, -0.2) is 4.79 Å². The number of carbonyl (C=O) groups excluding carboxylic acids is 2. The normalized spacial score (nSPS) is 12.7. The number of aliphatic hydroxyl groups is 1. The van der Waals surface area contributed by atoms with Crippen LogP contribution in [0.2, 0.25) is 0 Å². The minimum atomic E-state index is -1.93. The van der Waals surface area contributed by atoms with Crippen molar-refractivity contribution >= 4 is 17.6 Å². The van der Waals surface area contributed by atoms with Gasteiger partial charge in [-0.1, -0.05) is 72.8 Å². The van der Waals surface area contributed by atoms with Crippen molar-refractivity contribution < 1.29 is 19.4 Å². The zero-order valence-corrected chi connectivity index (χ0v) is 16.4. The number of anilines is 1. The number of hydrogen-bond acceptors (Lipinski definition) is 4. The van der Waals surface area contributed by atoms with Crippen LogP contribution in [-0.4, -0.2) is 17.0 Å². The summed E-state index contributed by atoms with van der Waals surface area (Å²) in [5.74, 6) is -1.09. The molecule has 1 amide bonds. The smallest absolute Gasteiger partial charge is 0.342 e. The summed E-state index contributed by atoms with van der Waals surface area (Å²) in [6.45, 7) is 2.79. The molecule has 29 heavy (non-hydrogen) atoms. The molecule has 0 heterocycles. The maximum Gasteiger partial charge on any atom is 0.342 e. The van der Waals surface area contributed by atoms with Gasteiger partial charge < -0.3 is 15.2 Å². The van der Waals surface area contributed by atoms with Gasteiger partial charge in [0.1, 0.15) is 6.61 Å². The minimum Gasteiger partial charge on any atom is -0.458 e. The quantitative estimate of drug-likeness (QED) is 0.618. The van der Waals surface area contributed by atoms with Crippen molar-refractivity contribution in [3.05, 3.63) is 90.0 Å². The number of ether oxygens (including phenoxy) is 1.